The molecule has 8 nitrogen and oxygen atoms in total. The standard InChI is InChI=1S/C30H36N8/c1-20(24-15-23(16-32-17-24)14-22-8-10-31-11-9-22)6-7-25-21(2)28(37-36-25)30-34-26-18-33-19-27(29(26)35-30)38-12-4-3-5-13-38/h6-7,15-19,22,31,36H,2-5,8-14H2,1H3,(H,34,35)/b20-6+,25-7+. The van der Waals surface area contributed by atoms with E-state index in [0.717, 1.165) is 82.6 Å². The fraction of sp³-hybridized carbons (Fsp3) is 0.400. The molecule has 0 radical (unpaired) electrons. The number of anilines is 1. The number of hydrogen-bond acceptors (Lipinski definition) is 6. The van der Waals surface area contributed by atoms with Crippen LogP contribution in [0.3, 0.4) is 0 Å². The lowest BCUT2D eigenvalue weighted by Gasteiger charge is -2.28. The number of allylic oxidation sites excluding steroid dienone is 2. The number of rotatable bonds is 6. The summed E-state index contributed by atoms with van der Waals surface area (Å²) in [5.41, 5.74) is 7.29. The van der Waals surface area contributed by atoms with Crippen molar-refractivity contribution < 1.29 is 0 Å². The minimum absolute atomic E-state index is 0.711. The van der Waals surface area contributed by atoms with Crippen molar-refractivity contribution in [1.29, 1.82) is 0 Å². The van der Waals surface area contributed by atoms with E-state index in [1.165, 1.54) is 37.7 Å². The smallest absolute Gasteiger partial charge is 0.159 e. The first-order chi connectivity index (χ1) is 18.7. The SMILES string of the molecule is C=c1c(-c2nc3c(N4CCCCC4)cncc3[nH]2)n[nH]/c1=C/C=C(\C)c1cncc(CC2CCNCC2)c1. The zero-order valence-electron chi connectivity index (χ0n) is 22.1. The van der Waals surface area contributed by atoms with Crippen molar-refractivity contribution in [2.75, 3.05) is 31.1 Å². The summed E-state index contributed by atoms with van der Waals surface area (Å²) in [7, 11) is 0. The topological polar surface area (TPSA) is 98.4 Å². The van der Waals surface area contributed by atoms with Crippen LogP contribution in [0.5, 0.6) is 0 Å². The average Bonchev–Trinajstić information content (AvgIpc) is 3.56. The summed E-state index contributed by atoms with van der Waals surface area (Å²) < 4.78 is 0. The van der Waals surface area contributed by atoms with Crippen molar-refractivity contribution >= 4 is 34.9 Å². The molecule has 8 heteroatoms. The van der Waals surface area contributed by atoms with Crippen molar-refractivity contribution in [3.8, 4) is 11.5 Å². The Morgan fingerprint density at radius 3 is 2.74 bits per heavy atom. The van der Waals surface area contributed by atoms with E-state index in [0.29, 0.717) is 5.82 Å². The van der Waals surface area contributed by atoms with Gasteiger partial charge in [-0.05, 0) is 93.3 Å². The number of hydrogen-bond donors (Lipinski definition) is 3. The first-order valence-electron chi connectivity index (χ1n) is 13.8. The van der Waals surface area contributed by atoms with E-state index in [2.05, 4.69) is 61.0 Å². The Labute approximate surface area is 223 Å². The maximum Gasteiger partial charge on any atom is 0.159 e. The van der Waals surface area contributed by atoms with Gasteiger partial charge in [0.15, 0.2) is 5.82 Å². The van der Waals surface area contributed by atoms with Crippen LogP contribution >= 0.6 is 0 Å². The Bertz CT molecular complexity index is 1550. The lowest BCUT2D eigenvalue weighted by atomic mass is 9.91. The number of imidazole rings is 1. The van der Waals surface area contributed by atoms with Crippen LogP contribution in [0.25, 0.3) is 40.8 Å². The molecule has 4 aromatic heterocycles. The summed E-state index contributed by atoms with van der Waals surface area (Å²) >= 11 is 0. The molecular formula is C30H36N8. The zero-order valence-corrected chi connectivity index (χ0v) is 22.1. The Morgan fingerprint density at radius 2 is 1.89 bits per heavy atom. The van der Waals surface area contributed by atoms with Gasteiger partial charge in [0.05, 0.1) is 28.9 Å². The minimum atomic E-state index is 0.711. The number of nitrogens with zero attached hydrogens (tertiary/aromatic N) is 5. The monoisotopic (exact) mass is 508 g/mol. The van der Waals surface area contributed by atoms with Crippen molar-refractivity contribution in [1.82, 2.24) is 35.5 Å². The molecule has 0 aromatic carbocycles. The van der Waals surface area contributed by atoms with Crippen LogP contribution < -0.4 is 20.8 Å². The molecule has 0 saturated carbocycles. The van der Waals surface area contributed by atoms with Gasteiger partial charge in [0, 0.05) is 30.7 Å². The van der Waals surface area contributed by atoms with E-state index in [-0.39, 0.29) is 0 Å². The van der Waals surface area contributed by atoms with Gasteiger partial charge in [0.1, 0.15) is 11.2 Å². The summed E-state index contributed by atoms with van der Waals surface area (Å²) in [6, 6.07) is 2.28. The maximum atomic E-state index is 4.93. The number of aromatic nitrogens is 6. The molecule has 2 fully saturated rings. The third-order valence-corrected chi connectivity index (χ3v) is 7.93. The fourth-order valence-corrected chi connectivity index (χ4v) is 5.65. The van der Waals surface area contributed by atoms with Crippen LogP contribution in [0, 0.1) is 5.92 Å². The lowest BCUT2D eigenvalue weighted by molar-refractivity contribution is 0.372. The number of nitrogens with one attached hydrogen (secondary N) is 3. The van der Waals surface area contributed by atoms with E-state index in [9.17, 15) is 0 Å². The Kier molecular flexibility index (Phi) is 7.05. The van der Waals surface area contributed by atoms with Crippen LogP contribution in [-0.4, -0.2) is 56.3 Å². The molecule has 38 heavy (non-hydrogen) atoms. The predicted molar refractivity (Wildman–Crippen MR) is 154 cm³/mol. The molecule has 3 N–H and O–H groups in total. The maximum absolute atomic E-state index is 4.93. The molecule has 2 saturated heterocycles. The van der Waals surface area contributed by atoms with Gasteiger partial charge in [-0.3, -0.25) is 15.1 Å². The molecular weight excluding hydrogens is 472 g/mol. The van der Waals surface area contributed by atoms with Crippen LogP contribution in [0.4, 0.5) is 5.69 Å². The summed E-state index contributed by atoms with van der Waals surface area (Å²) in [6.45, 7) is 10.8. The minimum Gasteiger partial charge on any atom is -0.368 e. The molecule has 196 valence electrons. The van der Waals surface area contributed by atoms with Crippen molar-refractivity contribution in [3.05, 3.63) is 58.6 Å². The van der Waals surface area contributed by atoms with Crippen LogP contribution in [0.15, 0.2) is 36.9 Å². The third-order valence-electron chi connectivity index (χ3n) is 7.93. The number of piperidine rings is 2. The lowest BCUT2D eigenvalue weighted by Crippen LogP contribution is -2.29. The number of fused-ring (bicyclic) bond motifs is 1. The van der Waals surface area contributed by atoms with Gasteiger partial charge in [-0.1, -0.05) is 12.7 Å². The number of H-pyrrole nitrogens is 2. The van der Waals surface area contributed by atoms with Crippen molar-refractivity contribution in [3.63, 3.8) is 0 Å². The Morgan fingerprint density at radius 1 is 1.08 bits per heavy atom. The van der Waals surface area contributed by atoms with Crippen LogP contribution in [0.1, 0.15) is 50.2 Å². The van der Waals surface area contributed by atoms with E-state index in [1.54, 1.807) is 0 Å². The highest BCUT2D eigenvalue weighted by atomic mass is 15.2. The second-order valence-corrected chi connectivity index (χ2v) is 10.6. The van der Waals surface area contributed by atoms with Gasteiger partial charge < -0.3 is 15.2 Å². The zero-order chi connectivity index (χ0) is 25.9. The summed E-state index contributed by atoms with van der Waals surface area (Å²) in [4.78, 5) is 19.7. The molecule has 0 bridgehead atoms. The molecule has 0 atom stereocenters. The predicted octanol–water partition coefficient (Wildman–Crippen LogP) is 3.57. The molecule has 0 spiro atoms. The number of aromatic amines is 2. The molecule has 2 aliphatic rings. The molecule has 4 aromatic rings. The van der Waals surface area contributed by atoms with E-state index in [1.807, 2.05) is 30.9 Å². The second-order valence-electron chi connectivity index (χ2n) is 10.6. The fourth-order valence-electron chi connectivity index (χ4n) is 5.65. The Balaban J connectivity index is 1.24. The Hall–Kier alpha value is -3.78. The van der Waals surface area contributed by atoms with E-state index in [4.69, 9.17) is 4.98 Å². The summed E-state index contributed by atoms with van der Waals surface area (Å²) in [5, 5.41) is 12.8. The van der Waals surface area contributed by atoms with Gasteiger partial charge in [0.2, 0.25) is 0 Å². The first-order valence-corrected chi connectivity index (χ1v) is 13.8. The van der Waals surface area contributed by atoms with Gasteiger partial charge >= 0.3 is 0 Å². The molecule has 2 aliphatic heterocycles. The van der Waals surface area contributed by atoms with Gasteiger partial charge in [-0.25, -0.2) is 4.98 Å². The highest BCUT2D eigenvalue weighted by Crippen LogP contribution is 2.28. The highest BCUT2D eigenvalue weighted by molar-refractivity contribution is 5.89. The highest BCUT2D eigenvalue weighted by Gasteiger charge is 2.18. The third kappa shape index (κ3) is 5.13. The van der Waals surface area contributed by atoms with Crippen molar-refractivity contribution in [2.45, 2.75) is 45.4 Å². The van der Waals surface area contributed by atoms with Gasteiger partial charge in [-0.2, -0.15) is 5.10 Å². The van der Waals surface area contributed by atoms with Crippen molar-refractivity contribution in [2.24, 2.45) is 5.92 Å². The van der Waals surface area contributed by atoms with E-state index >= 15 is 0 Å². The molecule has 6 heterocycles. The van der Waals surface area contributed by atoms with Gasteiger partial charge in [0.25, 0.3) is 0 Å². The molecule has 0 unspecified atom stereocenters. The first kappa shape index (κ1) is 24.6. The summed E-state index contributed by atoms with van der Waals surface area (Å²) in [5.74, 6) is 1.45. The normalized spacial score (nSPS) is 18.0. The largest absolute Gasteiger partial charge is 0.368 e. The van der Waals surface area contributed by atoms with Crippen LogP contribution in [-0.2, 0) is 6.42 Å². The second kappa shape index (κ2) is 10.9. The average molecular weight is 509 g/mol. The number of pyridine rings is 2. The van der Waals surface area contributed by atoms with Crippen LogP contribution in [0.2, 0.25) is 0 Å². The molecule has 0 aliphatic carbocycles. The summed E-state index contributed by atoms with van der Waals surface area (Å²) in [6.07, 6.45) is 19.1. The quantitative estimate of drug-likeness (QED) is 0.368. The molecule has 0 amide bonds. The van der Waals surface area contributed by atoms with Gasteiger partial charge in [-0.15, -0.1) is 0 Å². The van der Waals surface area contributed by atoms with E-state index < -0.39 is 0 Å². The molecule has 6 rings (SSSR count).